The molecule has 8 N–H and O–H groups in total. The van der Waals surface area contributed by atoms with Crippen LogP contribution >= 0.6 is 0 Å². The first-order chi connectivity index (χ1) is 33.7. The van der Waals surface area contributed by atoms with E-state index in [2.05, 4.69) is 43.5 Å². The number of allylic oxidation sites excluding steroid dienone is 4. The fourth-order valence-corrected chi connectivity index (χ4v) is 9.47. The van der Waals surface area contributed by atoms with Gasteiger partial charge in [0.1, 0.15) is 36.6 Å². The zero-order valence-electron chi connectivity index (χ0n) is 44.6. The number of aliphatic hydroxyl groups excluding tert-OH is 7. The van der Waals surface area contributed by atoms with E-state index in [4.69, 9.17) is 9.47 Å². The van der Waals surface area contributed by atoms with Gasteiger partial charge in [-0.05, 0) is 44.9 Å². The van der Waals surface area contributed by atoms with Crippen molar-refractivity contribution in [2.24, 2.45) is 0 Å². The first kappa shape index (κ1) is 65.6. The lowest BCUT2D eigenvalue weighted by Gasteiger charge is -2.40. The molecule has 9 unspecified atom stereocenters. The van der Waals surface area contributed by atoms with Crippen LogP contribution in [0.15, 0.2) is 24.3 Å². The zero-order valence-corrected chi connectivity index (χ0v) is 44.6. The summed E-state index contributed by atoms with van der Waals surface area (Å²) in [5.74, 6) is -0.697. The van der Waals surface area contributed by atoms with Crippen molar-refractivity contribution in [3.05, 3.63) is 24.3 Å². The van der Waals surface area contributed by atoms with E-state index in [0.717, 1.165) is 44.9 Å². The van der Waals surface area contributed by atoms with Crippen LogP contribution in [0.5, 0.6) is 0 Å². The molecule has 1 rings (SSSR count). The molecule has 1 aliphatic rings. The molecular weight excluding hydrogens is 871 g/mol. The maximum Gasteiger partial charge on any atom is 0.249 e. The van der Waals surface area contributed by atoms with Crippen molar-refractivity contribution in [2.75, 3.05) is 13.2 Å². The summed E-state index contributed by atoms with van der Waals surface area (Å²) < 4.78 is 11.1. The van der Waals surface area contributed by atoms with Gasteiger partial charge in [-0.2, -0.15) is 0 Å². The molecule has 0 aromatic heterocycles. The van der Waals surface area contributed by atoms with E-state index in [1.165, 1.54) is 186 Å². The predicted octanol–water partition coefficient (Wildman–Crippen LogP) is 12.1. The van der Waals surface area contributed by atoms with Gasteiger partial charge in [0, 0.05) is 0 Å². The van der Waals surface area contributed by atoms with Crippen molar-refractivity contribution < 1.29 is 50.0 Å². The SMILES string of the molecule is CCCCCCCCCCCCC/C=C\C/C=C\CCCCCCCCCCCCCCCCCCC(O)C(=O)NC(COC1OC(CO)C(O)C(O)C1O)C(O)C(O)CCCCCCCCCC. The van der Waals surface area contributed by atoms with Gasteiger partial charge >= 0.3 is 0 Å². The minimum absolute atomic E-state index is 0.262. The second-order valence-electron chi connectivity index (χ2n) is 20.7. The molecule has 69 heavy (non-hydrogen) atoms. The molecule has 1 heterocycles. The molecule has 1 fully saturated rings. The van der Waals surface area contributed by atoms with Crippen molar-refractivity contribution in [1.29, 1.82) is 0 Å². The van der Waals surface area contributed by atoms with Crippen molar-refractivity contribution >= 4 is 5.91 Å². The number of hydrogen-bond donors (Lipinski definition) is 8. The summed E-state index contributed by atoms with van der Waals surface area (Å²) in [6.07, 6.45) is 45.8. The molecule has 0 aliphatic carbocycles. The van der Waals surface area contributed by atoms with E-state index in [0.29, 0.717) is 19.3 Å². The fourth-order valence-electron chi connectivity index (χ4n) is 9.47. The minimum Gasteiger partial charge on any atom is -0.394 e. The zero-order chi connectivity index (χ0) is 50.4. The maximum absolute atomic E-state index is 13.1. The average molecular weight is 983 g/mol. The largest absolute Gasteiger partial charge is 0.394 e. The third-order valence-electron chi connectivity index (χ3n) is 14.3. The van der Waals surface area contributed by atoms with Crippen LogP contribution < -0.4 is 5.32 Å². The lowest BCUT2D eigenvalue weighted by Crippen LogP contribution is -2.60. The van der Waals surface area contributed by atoms with Crippen LogP contribution in [0.25, 0.3) is 0 Å². The second kappa shape index (κ2) is 47.6. The van der Waals surface area contributed by atoms with Crippen molar-refractivity contribution in [2.45, 2.75) is 326 Å². The summed E-state index contributed by atoms with van der Waals surface area (Å²) in [7, 11) is 0. The van der Waals surface area contributed by atoms with Crippen molar-refractivity contribution in [3.8, 4) is 0 Å². The number of unbranched alkanes of at least 4 members (excludes halogenated alkanes) is 34. The van der Waals surface area contributed by atoms with E-state index in [1.807, 2.05) is 0 Å². The molecule has 1 amide bonds. The normalized spacial score (nSPS) is 20.5. The third-order valence-corrected chi connectivity index (χ3v) is 14.3. The van der Waals surface area contributed by atoms with Gasteiger partial charge in [0.15, 0.2) is 6.29 Å². The number of aliphatic hydroxyl groups is 7. The molecular formula is C58H111NO10. The molecule has 9 atom stereocenters. The quantitative estimate of drug-likeness (QED) is 0.0215. The van der Waals surface area contributed by atoms with E-state index in [1.54, 1.807) is 0 Å². The number of nitrogens with one attached hydrogen (secondary N) is 1. The van der Waals surface area contributed by atoms with Crippen molar-refractivity contribution in [1.82, 2.24) is 5.32 Å². The van der Waals surface area contributed by atoms with Gasteiger partial charge in [0.25, 0.3) is 0 Å². The van der Waals surface area contributed by atoms with E-state index in [9.17, 15) is 40.5 Å². The molecule has 1 aliphatic heterocycles. The second-order valence-corrected chi connectivity index (χ2v) is 20.7. The van der Waals surface area contributed by atoms with E-state index >= 15 is 0 Å². The lowest BCUT2D eigenvalue weighted by atomic mass is 9.98. The maximum atomic E-state index is 13.1. The predicted molar refractivity (Wildman–Crippen MR) is 284 cm³/mol. The first-order valence-electron chi connectivity index (χ1n) is 29.2. The molecule has 0 aromatic carbocycles. The molecule has 0 aromatic rings. The summed E-state index contributed by atoms with van der Waals surface area (Å²) in [6, 6.07) is -1.16. The standard InChI is InChI=1S/C58H111NO10/c1-3-5-7-9-11-13-14-15-16-17-18-19-20-21-22-23-24-25-26-27-28-29-30-31-32-33-34-35-36-37-38-40-42-44-46-51(62)57(67)59-49(48-68-58-56(66)55(65)54(64)52(47-60)69-58)53(63)50(61)45-43-41-39-12-10-8-6-4-2/h20-21,23-24,49-56,58,60-66H,3-19,22,25-48H2,1-2H3,(H,59,67)/b21-20-,24-23-. The van der Waals surface area contributed by atoms with Gasteiger partial charge in [-0.3, -0.25) is 4.79 Å². The Bertz CT molecular complexity index is 1170. The average Bonchev–Trinajstić information content (AvgIpc) is 3.35. The number of rotatable bonds is 50. The topological polar surface area (TPSA) is 189 Å². The monoisotopic (exact) mass is 982 g/mol. The Hall–Kier alpha value is -1.41. The fraction of sp³-hybridized carbons (Fsp3) is 0.914. The molecule has 11 nitrogen and oxygen atoms in total. The summed E-state index contributed by atoms with van der Waals surface area (Å²) in [5, 5.41) is 75.7. The molecule has 0 saturated carbocycles. The molecule has 1 saturated heterocycles. The smallest absolute Gasteiger partial charge is 0.249 e. The summed E-state index contributed by atoms with van der Waals surface area (Å²) >= 11 is 0. The summed E-state index contributed by atoms with van der Waals surface area (Å²) in [5.41, 5.74) is 0. The number of carbonyl (C=O) groups is 1. The van der Waals surface area contributed by atoms with Crippen LogP contribution in [-0.2, 0) is 14.3 Å². The Labute approximate surface area is 423 Å². The van der Waals surface area contributed by atoms with Crippen LogP contribution in [0, 0.1) is 0 Å². The van der Waals surface area contributed by atoms with Gasteiger partial charge in [0.2, 0.25) is 5.91 Å². The van der Waals surface area contributed by atoms with E-state index in [-0.39, 0.29) is 6.42 Å². The van der Waals surface area contributed by atoms with Crippen LogP contribution in [0.2, 0.25) is 0 Å². The minimum atomic E-state index is -1.66. The van der Waals surface area contributed by atoms with Crippen molar-refractivity contribution in [3.63, 3.8) is 0 Å². The van der Waals surface area contributed by atoms with Crippen LogP contribution in [0.1, 0.15) is 271 Å². The van der Waals surface area contributed by atoms with Gasteiger partial charge in [-0.1, -0.05) is 250 Å². The lowest BCUT2D eigenvalue weighted by molar-refractivity contribution is -0.303. The Morgan fingerprint density at radius 2 is 0.884 bits per heavy atom. The highest BCUT2D eigenvalue weighted by Gasteiger charge is 2.44. The van der Waals surface area contributed by atoms with Crippen LogP contribution in [-0.4, -0.2) is 110 Å². The Morgan fingerprint density at radius 1 is 0.507 bits per heavy atom. The van der Waals surface area contributed by atoms with Crippen LogP contribution in [0.3, 0.4) is 0 Å². The Kier molecular flexibility index (Phi) is 45.2. The molecule has 0 bridgehead atoms. The Balaban J connectivity index is 2.12. The number of amides is 1. The highest BCUT2D eigenvalue weighted by Crippen LogP contribution is 2.23. The third kappa shape index (κ3) is 36.2. The molecule has 408 valence electrons. The van der Waals surface area contributed by atoms with Gasteiger partial charge in [-0.15, -0.1) is 0 Å². The molecule has 0 radical (unpaired) electrons. The molecule has 0 spiro atoms. The molecule has 11 heteroatoms. The van der Waals surface area contributed by atoms with Gasteiger partial charge < -0.3 is 50.5 Å². The number of hydrogen-bond acceptors (Lipinski definition) is 10. The van der Waals surface area contributed by atoms with E-state index < -0.39 is 74.2 Å². The highest BCUT2D eigenvalue weighted by atomic mass is 16.7. The first-order valence-corrected chi connectivity index (χ1v) is 29.2. The van der Waals surface area contributed by atoms with Crippen LogP contribution in [0.4, 0.5) is 0 Å². The van der Waals surface area contributed by atoms with Gasteiger partial charge in [-0.25, -0.2) is 0 Å². The summed E-state index contributed by atoms with van der Waals surface area (Å²) in [6.45, 7) is 3.42. The Morgan fingerprint density at radius 3 is 1.29 bits per heavy atom. The number of carbonyl (C=O) groups excluding carboxylic acids is 1. The van der Waals surface area contributed by atoms with Gasteiger partial charge in [0.05, 0.1) is 25.4 Å². The highest BCUT2D eigenvalue weighted by molar-refractivity contribution is 5.80. The number of ether oxygens (including phenoxy) is 2. The summed E-state index contributed by atoms with van der Waals surface area (Å²) in [4.78, 5) is 13.1.